The Hall–Kier alpha value is -2.15. The predicted molar refractivity (Wildman–Crippen MR) is 75.4 cm³/mol. The number of benzene rings is 1. The van der Waals surface area contributed by atoms with Crippen molar-refractivity contribution in [2.75, 3.05) is 20.8 Å². The highest BCUT2D eigenvalue weighted by atomic mass is 19.1. The number of carboxylic acids is 1. The van der Waals surface area contributed by atoms with Crippen LogP contribution in [0.4, 0.5) is 4.39 Å². The minimum absolute atomic E-state index is 0.0249. The SMILES string of the molecule is COc1cccc(C(=O)N2CC(OC)CC2CC(=O)O)c1F. The van der Waals surface area contributed by atoms with E-state index < -0.39 is 23.7 Å². The Morgan fingerprint density at radius 1 is 1.41 bits per heavy atom. The number of aliphatic carboxylic acids is 1. The first-order valence-electron chi connectivity index (χ1n) is 6.86. The van der Waals surface area contributed by atoms with Crippen LogP contribution in [0.3, 0.4) is 0 Å². The van der Waals surface area contributed by atoms with Crippen molar-refractivity contribution in [3.05, 3.63) is 29.6 Å². The number of halogens is 1. The van der Waals surface area contributed by atoms with Crippen LogP contribution >= 0.6 is 0 Å². The number of hydrogen-bond acceptors (Lipinski definition) is 4. The molecule has 2 unspecified atom stereocenters. The van der Waals surface area contributed by atoms with Gasteiger partial charge in [0.05, 0.1) is 25.2 Å². The number of nitrogens with zero attached hydrogens (tertiary/aromatic N) is 1. The molecule has 0 saturated carbocycles. The highest BCUT2D eigenvalue weighted by Gasteiger charge is 2.37. The molecule has 1 fully saturated rings. The average Bonchev–Trinajstić information content (AvgIpc) is 2.89. The summed E-state index contributed by atoms with van der Waals surface area (Å²) in [6, 6.07) is 3.78. The van der Waals surface area contributed by atoms with Crippen molar-refractivity contribution in [3.63, 3.8) is 0 Å². The summed E-state index contributed by atoms with van der Waals surface area (Å²) in [6.45, 7) is 0.240. The quantitative estimate of drug-likeness (QED) is 0.892. The largest absolute Gasteiger partial charge is 0.494 e. The van der Waals surface area contributed by atoms with Crippen molar-refractivity contribution < 1.29 is 28.6 Å². The van der Waals surface area contributed by atoms with Crippen molar-refractivity contribution in [1.82, 2.24) is 4.90 Å². The molecular weight excluding hydrogens is 293 g/mol. The topological polar surface area (TPSA) is 76.1 Å². The second-order valence-electron chi connectivity index (χ2n) is 5.12. The van der Waals surface area contributed by atoms with E-state index >= 15 is 0 Å². The number of methoxy groups -OCH3 is 2. The monoisotopic (exact) mass is 311 g/mol. The Balaban J connectivity index is 2.28. The second kappa shape index (κ2) is 6.74. The van der Waals surface area contributed by atoms with Crippen molar-refractivity contribution >= 4 is 11.9 Å². The summed E-state index contributed by atoms with van der Waals surface area (Å²) in [4.78, 5) is 24.9. The lowest BCUT2D eigenvalue weighted by molar-refractivity contribution is -0.137. The number of ether oxygens (including phenoxy) is 2. The number of hydrogen-bond donors (Lipinski definition) is 1. The fourth-order valence-electron chi connectivity index (χ4n) is 2.68. The molecule has 1 N–H and O–H groups in total. The van der Waals surface area contributed by atoms with Gasteiger partial charge in [-0.3, -0.25) is 9.59 Å². The van der Waals surface area contributed by atoms with Crippen molar-refractivity contribution in [2.45, 2.75) is 25.0 Å². The highest BCUT2D eigenvalue weighted by Crippen LogP contribution is 2.27. The van der Waals surface area contributed by atoms with Gasteiger partial charge in [0.25, 0.3) is 5.91 Å². The Morgan fingerprint density at radius 3 is 2.73 bits per heavy atom. The maximum Gasteiger partial charge on any atom is 0.305 e. The lowest BCUT2D eigenvalue weighted by Gasteiger charge is -2.23. The number of carbonyl (C=O) groups excluding carboxylic acids is 1. The molecule has 0 spiro atoms. The second-order valence-corrected chi connectivity index (χ2v) is 5.12. The first kappa shape index (κ1) is 16.2. The van der Waals surface area contributed by atoms with E-state index in [1.165, 1.54) is 37.3 Å². The third-order valence-electron chi connectivity index (χ3n) is 3.79. The van der Waals surface area contributed by atoms with Gasteiger partial charge in [-0.1, -0.05) is 6.07 Å². The molecule has 0 radical (unpaired) electrons. The van der Waals surface area contributed by atoms with Gasteiger partial charge in [0.1, 0.15) is 0 Å². The summed E-state index contributed by atoms with van der Waals surface area (Å²) in [5, 5.41) is 8.97. The predicted octanol–water partition coefficient (Wildman–Crippen LogP) is 1.54. The first-order valence-corrected chi connectivity index (χ1v) is 6.86. The Bertz CT molecular complexity index is 577. The van der Waals surface area contributed by atoms with E-state index in [-0.39, 0.29) is 30.4 Å². The Kier molecular flexibility index (Phi) is 4.97. The van der Waals surface area contributed by atoms with Gasteiger partial charge in [0.2, 0.25) is 0 Å². The zero-order valence-electron chi connectivity index (χ0n) is 12.4. The normalized spacial score (nSPS) is 21.0. The minimum Gasteiger partial charge on any atom is -0.494 e. The van der Waals surface area contributed by atoms with E-state index in [1.807, 2.05) is 0 Å². The van der Waals surface area contributed by atoms with E-state index in [1.54, 1.807) is 0 Å². The van der Waals surface area contributed by atoms with Crippen LogP contribution in [0.1, 0.15) is 23.2 Å². The van der Waals surface area contributed by atoms with Crippen LogP contribution in [-0.4, -0.2) is 54.8 Å². The molecule has 1 aliphatic heterocycles. The number of likely N-dealkylation sites (tertiary alicyclic amines) is 1. The summed E-state index contributed by atoms with van der Waals surface area (Å²) in [7, 11) is 2.82. The maximum absolute atomic E-state index is 14.2. The van der Waals surface area contributed by atoms with Crippen molar-refractivity contribution in [3.8, 4) is 5.75 Å². The molecule has 120 valence electrons. The lowest BCUT2D eigenvalue weighted by atomic mass is 10.1. The van der Waals surface area contributed by atoms with Gasteiger partial charge in [-0.15, -0.1) is 0 Å². The zero-order valence-corrected chi connectivity index (χ0v) is 12.4. The van der Waals surface area contributed by atoms with Crippen LogP contribution in [0.25, 0.3) is 0 Å². The molecule has 2 rings (SSSR count). The van der Waals surface area contributed by atoms with Crippen LogP contribution in [0, 0.1) is 5.82 Å². The third kappa shape index (κ3) is 3.19. The van der Waals surface area contributed by atoms with Gasteiger partial charge in [0.15, 0.2) is 11.6 Å². The summed E-state index contributed by atoms with van der Waals surface area (Å²) in [5.74, 6) is -2.33. The van der Waals surface area contributed by atoms with E-state index in [2.05, 4.69) is 0 Å². The van der Waals surface area contributed by atoms with Gasteiger partial charge in [-0.25, -0.2) is 4.39 Å². The third-order valence-corrected chi connectivity index (χ3v) is 3.79. The number of amides is 1. The van der Waals surface area contributed by atoms with Gasteiger partial charge < -0.3 is 19.5 Å². The molecule has 6 nitrogen and oxygen atoms in total. The van der Waals surface area contributed by atoms with Crippen LogP contribution in [-0.2, 0) is 9.53 Å². The van der Waals surface area contributed by atoms with Gasteiger partial charge in [0, 0.05) is 19.7 Å². The molecule has 1 aliphatic rings. The number of rotatable bonds is 5. The van der Waals surface area contributed by atoms with E-state index in [0.29, 0.717) is 6.42 Å². The Labute approximate surface area is 127 Å². The fourth-order valence-corrected chi connectivity index (χ4v) is 2.68. The summed E-state index contributed by atoms with van der Waals surface area (Å²) < 4.78 is 24.3. The molecule has 0 aromatic heterocycles. The highest BCUT2D eigenvalue weighted by molar-refractivity contribution is 5.95. The fraction of sp³-hybridized carbons (Fsp3) is 0.467. The molecule has 1 amide bonds. The molecule has 7 heteroatoms. The van der Waals surface area contributed by atoms with Crippen LogP contribution in [0.15, 0.2) is 18.2 Å². The molecular formula is C15H18FNO5. The average molecular weight is 311 g/mol. The van der Waals surface area contributed by atoms with Gasteiger partial charge >= 0.3 is 5.97 Å². The molecule has 1 heterocycles. The van der Waals surface area contributed by atoms with Crippen LogP contribution in [0.2, 0.25) is 0 Å². The maximum atomic E-state index is 14.2. The zero-order chi connectivity index (χ0) is 16.3. The van der Waals surface area contributed by atoms with E-state index in [0.717, 1.165) is 0 Å². The summed E-state index contributed by atoms with van der Waals surface area (Å²) in [6.07, 6.45) is -0.0286. The Morgan fingerprint density at radius 2 is 2.14 bits per heavy atom. The molecule has 22 heavy (non-hydrogen) atoms. The first-order chi connectivity index (χ1) is 10.5. The molecule has 2 atom stereocenters. The van der Waals surface area contributed by atoms with E-state index in [4.69, 9.17) is 14.6 Å². The summed E-state index contributed by atoms with van der Waals surface area (Å²) in [5.41, 5.74) is -0.133. The summed E-state index contributed by atoms with van der Waals surface area (Å²) >= 11 is 0. The van der Waals surface area contributed by atoms with E-state index in [9.17, 15) is 14.0 Å². The van der Waals surface area contributed by atoms with Gasteiger partial charge in [-0.05, 0) is 18.6 Å². The van der Waals surface area contributed by atoms with Crippen molar-refractivity contribution in [1.29, 1.82) is 0 Å². The molecule has 1 aromatic carbocycles. The standard InChI is InChI=1S/C15H18FNO5/c1-21-10-6-9(7-13(18)19)17(8-10)15(20)11-4-3-5-12(22-2)14(11)16/h3-5,9-10H,6-8H2,1-2H3,(H,18,19). The molecule has 1 aromatic rings. The molecule has 0 bridgehead atoms. The molecule has 1 saturated heterocycles. The van der Waals surface area contributed by atoms with Gasteiger partial charge in [-0.2, -0.15) is 0 Å². The van der Waals surface area contributed by atoms with Crippen LogP contribution in [0.5, 0.6) is 5.75 Å². The van der Waals surface area contributed by atoms with Crippen LogP contribution < -0.4 is 4.74 Å². The molecule has 0 aliphatic carbocycles. The number of carbonyl (C=O) groups is 2. The number of carboxylic acid groups (broad SMARTS) is 1. The van der Waals surface area contributed by atoms with Crippen molar-refractivity contribution in [2.24, 2.45) is 0 Å². The smallest absolute Gasteiger partial charge is 0.305 e. The minimum atomic E-state index is -1.01. The lowest BCUT2D eigenvalue weighted by Crippen LogP contribution is -2.37.